The third-order valence-electron chi connectivity index (χ3n) is 3.72. The van der Waals surface area contributed by atoms with Gasteiger partial charge in [-0.15, -0.1) is 0 Å². The van der Waals surface area contributed by atoms with E-state index in [1.165, 1.54) is 0 Å². The van der Waals surface area contributed by atoms with E-state index in [2.05, 4.69) is 27.7 Å². The van der Waals surface area contributed by atoms with Crippen molar-refractivity contribution >= 4 is 11.5 Å². The van der Waals surface area contributed by atoms with Crippen molar-refractivity contribution in [1.82, 2.24) is 9.38 Å². The van der Waals surface area contributed by atoms with E-state index in [0.29, 0.717) is 12.0 Å². The van der Waals surface area contributed by atoms with Crippen molar-refractivity contribution in [3.8, 4) is 0 Å². The Morgan fingerprint density at radius 3 is 3.33 bits per heavy atom. The molecule has 0 radical (unpaired) electrons. The number of hydrogen-bond donors (Lipinski definition) is 1. The van der Waals surface area contributed by atoms with Gasteiger partial charge in [-0.05, 0) is 25.0 Å². The Balaban J connectivity index is 1.71. The molecule has 2 aromatic rings. The maximum absolute atomic E-state index is 5.72. The fraction of sp³-hybridized carbons (Fsp3) is 0.500. The Labute approximate surface area is 107 Å². The molecule has 18 heavy (non-hydrogen) atoms. The minimum atomic E-state index is 0.416. The molecule has 4 nitrogen and oxygen atoms in total. The maximum Gasteiger partial charge on any atom is 0.138 e. The molecule has 3 heterocycles. The van der Waals surface area contributed by atoms with Crippen molar-refractivity contribution in [3.63, 3.8) is 0 Å². The first-order valence-electron chi connectivity index (χ1n) is 6.66. The van der Waals surface area contributed by atoms with E-state index >= 15 is 0 Å². The van der Waals surface area contributed by atoms with E-state index in [1.807, 2.05) is 24.5 Å². The average Bonchev–Trinajstić information content (AvgIpc) is 3.04. The van der Waals surface area contributed by atoms with Crippen LogP contribution in [0.15, 0.2) is 30.6 Å². The quantitative estimate of drug-likeness (QED) is 0.899. The van der Waals surface area contributed by atoms with Crippen LogP contribution < -0.4 is 5.32 Å². The van der Waals surface area contributed by atoms with E-state index in [0.717, 1.165) is 37.5 Å². The minimum Gasteiger partial charge on any atom is -0.378 e. The highest BCUT2D eigenvalue weighted by Crippen LogP contribution is 2.24. The first-order chi connectivity index (χ1) is 8.88. The van der Waals surface area contributed by atoms with Crippen molar-refractivity contribution in [2.75, 3.05) is 18.5 Å². The number of hydrogen-bond acceptors (Lipinski definition) is 3. The van der Waals surface area contributed by atoms with Crippen LogP contribution in [0.5, 0.6) is 0 Å². The zero-order chi connectivity index (χ0) is 12.4. The molecule has 0 saturated carbocycles. The Bertz CT molecular complexity index is 522. The summed E-state index contributed by atoms with van der Waals surface area (Å²) in [6.45, 7) is 4.06. The molecule has 1 aliphatic heterocycles. The second kappa shape index (κ2) is 4.98. The number of anilines is 1. The lowest BCUT2D eigenvalue weighted by Gasteiger charge is -2.18. The van der Waals surface area contributed by atoms with Crippen molar-refractivity contribution in [1.29, 1.82) is 0 Å². The predicted octanol–water partition coefficient (Wildman–Crippen LogP) is 2.56. The second-order valence-corrected chi connectivity index (χ2v) is 4.81. The normalized spacial score (nSPS) is 23.6. The van der Waals surface area contributed by atoms with E-state index < -0.39 is 0 Å². The van der Waals surface area contributed by atoms with E-state index in [4.69, 9.17) is 4.74 Å². The second-order valence-electron chi connectivity index (χ2n) is 4.81. The monoisotopic (exact) mass is 245 g/mol. The summed E-state index contributed by atoms with van der Waals surface area (Å²) in [4.78, 5) is 4.29. The van der Waals surface area contributed by atoms with Crippen molar-refractivity contribution in [3.05, 3.63) is 30.6 Å². The third kappa shape index (κ3) is 2.08. The van der Waals surface area contributed by atoms with Gasteiger partial charge in [0.15, 0.2) is 0 Å². The van der Waals surface area contributed by atoms with Gasteiger partial charge in [0.2, 0.25) is 0 Å². The van der Waals surface area contributed by atoms with Gasteiger partial charge in [0.1, 0.15) is 11.5 Å². The molecule has 1 N–H and O–H groups in total. The molecule has 1 aliphatic rings. The zero-order valence-corrected chi connectivity index (χ0v) is 10.7. The topological polar surface area (TPSA) is 38.6 Å². The molecule has 2 aromatic heterocycles. The minimum absolute atomic E-state index is 0.416. The van der Waals surface area contributed by atoms with Crippen LogP contribution in [-0.2, 0) is 4.74 Å². The molecular weight excluding hydrogens is 226 g/mol. The highest BCUT2D eigenvalue weighted by Gasteiger charge is 2.26. The van der Waals surface area contributed by atoms with Crippen LogP contribution in [0.2, 0.25) is 0 Å². The Morgan fingerprint density at radius 1 is 1.50 bits per heavy atom. The largest absolute Gasteiger partial charge is 0.378 e. The maximum atomic E-state index is 5.72. The molecule has 4 heteroatoms. The molecule has 3 rings (SSSR count). The number of nitrogens with one attached hydrogen (secondary N) is 1. The summed E-state index contributed by atoms with van der Waals surface area (Å²) in [7, 11) is 0. The third-order valence-corrected chi connectivity index (χ3v) is 3.72. The molecule has 1 fully saturated rings. The fourth-order valence-corrected chi connectivity index (χ4v) is 2.70. The van der Waals surface area contributed by atoms with Crippen LogP contribution in [0.1, 0.15) is 19.8 Å². The van der Waals surface area contributed by atoms with E-state index in [9.17, 15) is 0 Å². The number of nitrogens with zero attached hydrogens (tertiary/aromatic N) is 2. The van der Waals surface area contributed by atoms with Gasteiger partial charge in [0.05, 0.1) is 6.10 Å². The molecule has 0 amide bonds. The Morgan fingerprint density at radius 2 is 2.44 bits per heavy atom. The number of rotatable bonds is 4. The lowest BCUT2D eigenvalue weighted by atomic mass is 10.00. The molecule has 2 atom stereocenters. The first-order valence-corrected chi connectivity index (χ1v) is 6.66. The summed E-state index contributed by atoms with van der Waals surface area (Å²) >= 11 is 0. The van der Waals surface area contributed by atoms with Gasteiger partial charge in [-0.2, -0.15) is 0 Å². The molecular formula is C14H19N3O. The Hall–Kier alpha value is -1.55. The van der Waals surface area contributed by atoms with Gasteiger partial charge < -0.3 is 10.1 Å². The molecule has 0 spiro atoms. The molecule has 1 saturated heterocycles. The molecule has 0 aliphatic carbocycles. The number of imidazole rings is 1. The summed E-state index contributed by atoms with van der Waals surface area (Å²) in [5, 5.41) is 3.52. The van der Waals surface area contributed by atoms with Crippen LogP contribution in [0, 0.1) is 5.92 Å². The molecule has 2 unspecified atom stereocenters. The van der Waals surface area contributed by atoms with Gasteiger partial charge in [-0.3, -0.25) is 4.40 Å². The van der Waals surface area contributed by atoms with Crippen molar-refractivity contribution < 1.29 is 4.74 Å². The number of pyridine rings is 1. The van der Waals surface area contributed by atoms with E-state index in [-0.39, 0.29) is 0 Å². The summed E-state index contributed by atoms with van der Waals surface area (Å²) in [5.41, 5.74) is 0.981. The fourth-order valence-electron chi connectivity index (χ4n) is 2.70. The van der Waals surface area contributed by atoms with Gasteiger partial charge in [-0.1, -0.05) is 13.0 Å². The van der Waals surface area contributed by atoms with Crippen LogP contribution in [0.4, 0.5) is 5.82 Å². The SMILES string of the molecule is CCC1OCCC1CNc1cccc2nccn12. The van der Waals surface area contributed by atoms with Gasteiger partial charge in [0, 0.05) is 31.5 Å². The summed E-state index contributed by atoms with van der Waals surface area (Å²) in [6.07, 6.45) is 6.49. The van der Waals surface area contributed by atoms with Crippen LogP contribution >= 0.6 is 0 Å². The summed E-state index contributed by atoms with van der Waals surface area (Å²) < 4.78 is 7.80. The number of ether oxygens (including phenoxy) is 1. The van der Waals surface area contributed by atoms with Crippen molar-refractivity contribution in [2.45, 2.75) is 25.9 Å². The van der Waals surface area contributed by atoms with Gasteiger partial charge in [-0.25, -0.2) is 4.98 Å². The van der Waals surface area contributed by atoms with E-state index in [1.54, 1.807) is 0 Å². The molecule has 96 valence electrons. The highest BCUT2D eigenvalue weighted by molar-refractivity contribution is 5.49. The number of aromatic nitrogens is 2. The lowest BCUT2D eigenvalue weighted by Crippen LogP contribution is -2.23. The molecule has 0 bridgehead atoms. The lowest BCUT2D eigenvalue weighted by molar-refractivity contribution is 0.0900. The number of fused-ring (bicyclic) bond motifs is 1. The standard InChI is InChI=1S/C14H19N3O/c1-2-12-11(6-9-18-12)10-16-14-5-3-4-13-15-7-8-17(13)14/h3-5,7-8,11-12,16H,2,6,9-10H2,1H3. The van der Waals surface area contributed by atoms with Crippen LogP contribution in [-0.4, -0.2) is 28.6 Å². The van der Waals surface area contributed by atoms with Crippen molar-refractivity contribution in [2.24, 2.45) is 5.92 Å². The first kappa shape index (κ1) is 11.5. The molecule has 0 aromatic carbocycles. The van der Waals surface area contributed by atoms with Gasteiger partial charge in [0.25, 0.3) is 0 Å². The smallest absolute Gasteiger partial charge is 0.138 e. The predicted molar refractivity (Wildman–Crippen MR) is 71.8 cm³/mol. The highest BCUT2D eigenvalue weighted by atomic mass is 16.5. The van der Waals surface area contributed by atoms with Gasteiger partial charge >= 0.3 is 0 Å². The average molecular weight is 245 g/mol. The van der Waals surface area contributed by atoms with Crippen LogP contribution in [0.3, 0.4) is 0 Å². The summed E-state index contributed by atoms with van der Waals surface area (Å²) in [5.74, 6) is 1.72. The Kier molecular flexibility index (Phi) is 3.19. The zero-order valence-electron chi connectivity index (χ0n) is 10.7. The van der Waals surface area contributed by atoms with Crippen LogP contribution in [0.25, 0.3) is 5.65 Å². The summed E-state index contributed by atoms with van der Waals surface area (Å²) in [6, 6.07) is 6.14.